The molecule has 0 saturated carbocycles. The molecule has 0 saturated heterocycles. The molecule has 0 N–H and O–H groups in total. The van der Waals surface area contributed by atoms with Gasteiger partial charge in [0.15, 0.2) is 17.8 Å². The zero-order valence-corrected chi connectivity index (χ0v) is 10.6. The number of rotatable bonds is 6. The molecule has 1 aromatic carbocycles. The number of hydrogen-bond donors (Lipinski definition) is 0. The molecule has 3 nitrogen and oxygen atoms in total. The maximum absolute atomic E-state index is 10.9. The highest BCUT2D eigenvalue weighted by molar-refractivity contribution is 7.98. The predicted molar refractivity (Wildman–Crippen MR) is 65.9 cm³/mol. The van der Waals surface area contributed by atoms with Gasteiger partial charge in [0.05, 0.1) is 23.7 Å². The number of hydrogen-bond acceptors (Lipinski definition) is 4. The zero-order chi connectivity index (χ0) is 12.0. The molecule has 0 amide bonds. The molecule has 0 bridgehead atoms. The predicted octanol–water partition coefficient (Wildman–Crippen LogP) is 3.02. The summed E-state index contributed by atoms with van der Waals surface area (Å²) < 4.78 is 11.0. The van der Waals surface area contributed by atoms with Gasteiger partial charge < -0.3 is 9.47 Å². The SMILES string of the molecule is CCOc1c(C=O)ccc(SC)c1OCC. The van der Waals surface area contributed by atoms with Crippen LogP contribution in [0.25, 0.3) is 0 Å². The standard InChI is InChI=1S/C12H16O3S/c1-4-14-11-9(8-13)6-7-10(16-3)12(11)15-5-2/h6-8H,4-5H2,1-3H3. The Morgan fingerprint density at radius 1 is 1.19 bits per heavy atom. The van der Waals surface area contributed by atoms with Gasteiger partial charge in [-0.05, 0) is 32.2 Å². The monoisotopic (exact) mass is 240 g/mol. The lowest BCUT2D eigenvalue weighted by Crippen LogP contribution is -2.02. The Balaban J connectivity index is 3.27. The molecule has 0 spiro atoms. The van der Waals surface area contributed by atoms with Crippen molar-refractivity contribution in [2.24, 2.45) is 0 Å². The average Bonchev–Trinajstić information content (AvgIpc) is 2.31. The van der Waals surface area contributed by atoms with Gasteiger partial charge in [-0.15, -0.1) is 11.8 Å². The first kappa shape index (κ1) is 12.9. The van der Waals surface area contributed by atoms with Gasteiger partial charge in [0.25, 0.3) is 0 Å². The van der Waals surface area contributed by atoms with Crippen LogP contribution in [-0.2, 0) is 0 Å². The molecule has 0 heterocycles. The summed E-state index contributed by atoms with van der Waals surface area (Å²) in [5.41, 5.74) is 0.531. The van der Waals surface area contributed by atoms with Gasteiger partial charge in [-0.2, -0.15) is 0 Å². The smallest absolute Gasteiger partial charge is 0.175 e. The van der Waals surface area contributed by atoms with E-state index in [1.807, 2.05) is 26.2 Å². The zero-order valence-electron chi connectivity index (χ0n) is 9.78. The van der Waals surface area contributed by atoms with Crippen LogP contribution in [0.4, 0.5) is 0 Å². The van der Waals surface area contributed by atoms with Crippen LogP contribution < -0.4 is 9.47 Å². The summed E-state index contributed by atoms with van der Waals surface area (Å²) in [5.74, 6) is 1.22. The second kappa shape index (κ2) is 6.43. The van der Waals surface area contributed by atoms with E-state index < -0.39 is 0 Å². The topological polar surface area (TPSA) is 35.5 Å². The lowest BCUT2D eigenvalue weighted by molar-refractivity contribution is 0.111. The minimum Gasteiger partial charge on any atom is -0.489 e. The summed E-state index contributed by atoms with van der Waals surface area (Å²) in [6, 6.07) is 3.63. The van der Waals surface area contributed by atoms with Crippen molar-refractivity contribution in [3.63, 3.8) is 0 Å². The van der Waals surface area contributed by atoms with Crippen LogP contribution >= 0.6 is 11.8 Å². The van der Waals surface area contributed by atoms with Gasteiger partial charge in [-0.1, -0.05) is 0 Å². The molecular formula is C12H16O3S. The maximum atomic E-state index is 10.9. The number of thioether (sulfide) groups is 1. The van der Waals surface area contributed by atoms with E-state index in [0.29, 0.717) is 30.3 Å². The fraction of sp³-hybridized carbons (Fsp3) is 0.417. The molecule has 0 aliphatic rings. The average molecular weight is 240 g/mol. The third kappa shape index (κ3) is 2.70. The minimum absolute atomic E-state index is 0.513. The molecule has 0 aliphatic heterocycles. The molecule has 16 heavy (non-hydrogen) atoms. The molecule has 0 radical (unpaired) electrons. The van der Waals surface area contributed by atoms with Crippen LogP contribution in [0.3, 0.4) is 0 Å². The molecule has 0 fully saturated rings. The van der Waals surface area contributed by atoms with Crippen molar-refractivity contribution in [2.75, 3.05) is 19.5 Å². The summed E-state index contributed by atoms with van der Waals surface area (Å²) in [5, 5.41) is 0. The molecule has 4 heteroatoms. The molecule has 0 unspecified atom stereocenters. The summed E-state index contributed by atoms with van der Waals surface area (Å²) >= 11 is 1.57. The van der Waals surface area contributed by atoms with Crippen LogP contribution in [-0.4, -0.2) is 25.8 Å². The summed E-state index contributed by atoms with van der Waals surface area (Å²) in [4.78, 5) is 11.9. The van der Waals surface area contributed by atoms with Gasteiger partial charge in [-0.3, -0.25) is 4.79 Å². The van der Waals surface area contributed by atoms with Crippen LogP contribution in [0.15, 0.2) is 17.0 Å². The Hall–Kier alpha value is -1.16. The van der Waals surface area contributed by atoms with Crippen LogP contribution in [0.1, 0.15) is 24.2 Å². The fourth-order valence-electron chi connectivity index (χ4n) is 1.39. The third-order valence-corrected chi connectivity index (χ3v) is 2.79. The second-order valence-corrected chi connectivity index (χ2v) is 3.85. The van der Waals surface area contributed by atoms with Crippen molar-refractivity contribution in [1.29, 1.82) is 0 Å². The van der Waals surface area contributed by atoms with Gasteiger partial charge >= 0.3 is 0 Å². The van der Waals surface area contributed by atoms with Crippen LogP contribution in [0.2, 0.25) is 0 Å². The summed E-state index contributed by atoms with van der Waals surface area (Å²) in [6.45, 7) is 4.86. The van der Waals surface area contributed by atoms with E-state index in [1.54, 1.807) is 17.8 Å². The molecule has 0 aliphatic carbocycles. The van der Waals surface area contributed by atoms with E-state index in [1.165, 1.54) is 0 Å². The maximum Gasteiger partial charge on any atom is 0.175 e. The van der Waals surface area contributed by atoms with E-state index in [-0.39, 0.29) is 0 Å². The van der Waals surface area contributed by atoms with Crippen LogP contribution in [0.5, 0.6) is 11.5 Å². The highest BCUT2D eigenvalue weighted by Crippen LogP contribution is 2.39. The van der Waals surface area contributed by atoms with Crippen molar-refractivity contribution < 1.29 is 14.3 Å². The Morgan fingerprint density at radius 2 is 1.81 bits per heavy atom. The summed E-state index contributed by atoms with van der Waals surface area (Å²) in [7, 11) is 0. The number of ether oxygens (including phenoxy) is 2. The van der Waals surface area contributed by atoms with Gasteiger partial charge in [-0.25, -0.2) is 0 Å². The number of carbonyl (C=O) groups excluding carboxylic acids is 1. The number of carbonyl (C=O) groups is 1. The molecule has 0 atom stereocenters. The largest absolute Gasteiger partial charge is 0.489 e. The Bertz CT molecular complexity index is 364. The lowest BCUT2D eigenvalue weighted by Gasteiger charge is -2.15. The molecule has 88 valence electrons. The molecular weight excluding hydrogens is 224 g/mol. The van der Waals surface area contributed by atoms with Crippen molar-refractivity contribution >= 4 is 18.0 Å². The number of aldehydes is 1. The van der Waals surface area contributed by atoms with E-state index in [0.717, 1.165) is 11.2 Å². The second-order valence-electron chi connectivity index (χ2n) is 3.00. The highest BCUT2D eigenvalue weighted by atomic mass is 32.2. The van der Waals surface area contributed by atoms with E-state index >= 15 is 0 Å². The van der Waals surface area contributed by atoms with Crippen molar-refractivity contribution in [3.8, 4) is 11.5 Å². The first-order chi connectivity index (χ1) is 7.78. The van der Waals surface area contributed by atoms with Crippen LogP contribution in [0, 0.1) is 0 Å². The van der Waals surface area contributed by atoms with Crippen molar-refractivity contribution in [1.82, 2.24) is 0 Å². The van der Waals surface area contributed by atoms with Crippen molar-refractivity contribution in [3.05, 3.63) is 17.7 Å². The highest BCUT2D eigenvalue weighted by Gasteiger charge is 2.15. The first-order valence-electron chi connectivity index (χ1n) is 5.20. The number of benzene rings is 1. The Morgan fingerprint density at radius 3 is 2.31 bits per heavy atom. The Kier molecular flexibility index (Phi) is 5.19. The lowest BCUT2D eigenvalue weighted by atomic mass is 10.2. The fourth-order valence-corrected chi connectivity index (χ4v) is 1.93. The molecule has 1 aromatic rings. The quantitative estimate of drug-likeness (QED) is 0.565. The van der Waals surface area contributed by atoms with E-state index in [2.05, 4.69) is 0 Å². The van der Waals surface area contributed by atoms with Gasteiger partial charge in [0, 0.05) is 0 Å². The van der Waals surface area contributed by atoms with E-state index in [9.17, 15) is 4.79 Å². The first-order valence-corrected chi connectivity index (χ1v) is 6.42. The van der Waals surface area contributed by atoms with E-state index in [4.69, 9.17) is 9.47 Å². The summed E-state index contributed by atoms with van der Waals surface area (Å²) in [6.07, 6.45) is 2.76. The van der Waals surface area contributed by atoms with Gasteiger partial charge in [0.1, 0.15) is 0 Å². The minimum atomic E-state index is 0.513. The normalized spacial score (nSPS) is 9.94. The Labute approximate surface area is 100 Å². The van der Waals surface area contributed by atoms with Crippen molar-refractivity contribution in [2.45, 2.75) is 18.7 Å². The van der Waals surface area contributed by atoms with Gasteiger partial charge in [0.2, 0.25) is 0 Å². The molecule has 1 rings (SSSR count). The molecule has 0 aromatic heterocycles. The third-order valence-electron chi connectivity index (χ3n) is 2.03.